The van der Waals surface area contributed by atoms with Crippen LogP contribution in [0.5, 0.6) is 5.75 Å². The van der Waals surface area contributed by atoms with Crippen molar-refractivity contribution in [3.05, 3.63) is 65.5 Å². The number of Topliss-reactive ketones (excluding diaryl/α,β-unsaturated/α-hetero) is 1. The average molecular weight is 380 g/mol. The van der Waals surface area contributed by atoms with E-state index in [1.807, 2.05) is 20.8 Å². The summed E-state index contributed by atoms with van der Waals surface area (Å²) in [4.78, 5) is 31.0. The van der Waals surface area contributed by atoms with E-state index < -0.39 is 17.7 Å². The number of ether oxygens (including phenoxy) is 1. The quantitative estimate of drug-likeness (QED) is 0.470. The number of rotatable bonds is 6. The molecule has 1 saturated heterocycles. The van der Waals surface area contributed by atoms with Crippen molar-refractivity contribution < 1.29 is 19.4 Å². The highest BCUT2D eigenvalue weighted by Crippen LogP contribution is 2.39. The van der Waals surface area contributed by atoms with Gasteiger partial charge in [-0.05, 0) is 44.0 Å². The number of pyridine rings is 1. The van der Waals surface area contributed by atoms with Crippen LogP contribution in [0.4, 0.5) is 0 Å². The third kappa shape index (κ3) is 3.76. The Kier molecular flexibility index (Phi) is 5.78. The van der Waals surface area contributed by atoms with E-state index in [0.29, 0.717) is 29.8 Å². The molecular formula is C22H24N2O4. The Hall–Kier alpha value is -3.15. The zero-order valence-corrected chi connectivity index (χ0v) is 16.3. The van der Waals surface area contributed by atoms with Crippen molar-refractivity contribution in [3.63, 3.8) is 0 Å². The molecule has 1 N–H and O–H groups in total. The second kappa shape index (κ2) is 8.25. The SMILES string of the molecule is CCCN1C(=O)C(=O)/C(=C(\O)c2cccc(OC(C)C)c2)C1c1cccnc1. The third-order valence-corrected chi connectivity index (χ3v) is 4.48. The van der Waals surface area contributed by atoms with Crippen molar-refractivity contribution in [3.8, 4) is 5.75 Å². The molecule has 6 heteroatoms. The minimum Gasteiger partial charge on any atom is -0.507 e. The molecule has 1 amide bonds. The first kappa shape index (κ1) is 19.6. The summed E-state index contributed by atoms with van der Waals surface area (Å²) in [5, 5.41) is 11.0. The van der Waals surface area contributed by atoms with E-state index in [1.165, 1.54) is 4.90 Å². The number of aromatic nitrogens is 1. The number of hydrogen-bond donors (Lipinski definition) is 1. The highest BCUT2D eigenvalue weighted by molar-refractivity contribution is 6.46. The Morgan fingerprint density at radius 2 is 2.04 bits per heavy atom. The van der Waals surface area contributed by atoms with Gasteiger partial charge in [-0.25, -0.2) is 0 Å². The van der Waals surface area contributed by atoms with Crippen molar-refractivity contribution in [2.24, 2.45) is 0 Å². The Labute approximate surface area is 164 Å². The summed E-state index contributed by atoms with van der Waals surface area (Å²) in [5.41, 5.74) is 1.20. The van der Waals surface area contributed by atoms with Gasteiger partial charge in [-0.3, -0.25) is 14.6 Å². The molecule has 1 atom stereocenters. The molecule has 1 unspecified atom stereocenters. The second-order valence-electron chi connectivity index (χ2n) is 6.97. The molecule has 28 heavy (non-hydrogen) atoms. The molecule has 3 rings (SSSR count). The van der Waals surface area contributed by atoms with Crippen LogP contribution < -0.4 is 4.74 Å². The van der Waals surface area contributed by atoms with E-state index in [2.05, 4.69) is 4.98 Å². The van der Waals surface area contributed by atoms with Crippen LogP contribution in [0.2, 0.25) is 0 Å². The van der Waals surface area contributed by atoms with Gasteiger partial charge in [0.15, 0.2) is 0 Å². The number of amides is 1. The van der Waals surface area contributed by atoms with Gasteiger partial charge in [0.25, 0.3) is 11.7 Å². The normalized spacial score (nSPS) is 18.7. The molecule has 0 bridgehead atoms. The molecular weight excluding hydrogens is 356 g/mol. The summed E-state index contributed by atoms with van der Waals surface area (Å²) in [7, 11) is 0. The topological polar surface area (TPSA) is 79.7 Å². The number of aliphatic hydroxyl groups excluding tert-OH is 1. The number of benzene rings is 1. The Balaban J connectivity index is 2.13. The van der Waals surface area contributed by atoms with Crippen molar-refractivity contribution >= 4 is 17.4 Å². The van der Waals surface area contributed by atoms with Gasteiger partial charge in [-0.1, -0.05) is 25.1 Å². The van der Waals surface area contributed by atoms with Gasteiger partial charge in [0.2, 0.25) is 0 Å². The van der Waals surface area contributed by atoms with Gasteiger partial charge in [-0.15, -0.1) is 0 Å². The lowest BCUT2D eigenvalue weighted by Gasteiger charge is -2.24. The van der Waals surface area contributed by atoms with E-state index in [1.54, 1.807) is 48.8 Å². The van der Waals surface area contributed by atoms with E-state index in [4.69, 9.17) is 4.74 Å². The predicted octanol–water partition coefficient (Wildman–Crippen LogP) is 3.70. The summed E-state index contributed by atoms with van der Waals surface area (Å²) in [6.07, 6.45) is 3.91. The number of nitrogens with zero attached hydrogens (tertiary/aromatic N) is 2. The molecule has 0 saturated carbocycles. The lowest BCUT2D eigenvalue weighted by atomic mass is 9.96. The van der Waals surface area contributed by atoms with E-state index in [0.717, 1.165) is 0 Å². The van der Waals surface area contributed by atoms with Crippen LogP contribution in [0.15, 0.2) is 54.4 Å². The van der Waals surface area contributed by atoms with Gasteiger partial charge < -0.3 is 14.7 Å². The summed E-state index contributed by atoms with van der Waals surface area (Å²) >= 11 is 0. The van der Waals surface area contributed by atoms with Gasteiger partial charge >= 0.3 is 0 Å². The van der Waals surface area contributed by atoms with Gasteiger partial charge in [-0.2, -0.15) is 0 Å². The Bertz CT molecular complexity index is 906. The van der Waals surface area contributed by atoms with Crippen LogP contribution in [-0.2, 0) is 9.59 Å². The van der Waals surface area contributed by atoms with Crippen molar-refractivity contribution in [2.45, 2.75) is 39.3 Å². The fraction of sp³-hybridized carbons (Fsp3) is 0.318. The minimum absolute atomic E-state index is 0.0251. The van der Waals surface area contributed by atoms with Crippen LogP contribution in [-0.4, -0.2) is 39.3 Å². The Morgan fingerprint density at radius 1 is 1.25 bits per heavy atom. The van der Waals surface area contributed by atoms with Crippen molar-refractivity contribution in [1.29, 1.82) is 0 Å². The lowest BCUT2D eigenvalue weighted by Crippen LogP contribution is -2.30. The molecule has 0 aliphatic carbocycles. The summed E-state index contributed by atoms with van der Waals surface area (Å²) in [5.74, 6) is -0.915. The molecule has 6 nitrogen and oxygen atoms in total. The summed E-state index contributed by atoms with van der Waals surface area (Å²) < 4.78 is 5.68. The molecule has 0 radical (unpaired) electrons. The molecule has 1 aliphatic heterocycles. The number of carbonyl (C=O) groups excluding carboxylic acids is 2. The van der Waals surface area contributed by atoms with Crippen LogP contribution in [0, 0.1) is 0 Å². The fourth-order valence-corrected chi connectivity index (χ4v) is 3.38. The van der Waals surface area contributed by atoms with Gasteiger partial charge in [0.1, 0.15) is 11.5 Å². The van der Waals surface area contributed by atoms with Crippen LogP contribution in [0.1, 0.15) is 44.4 Å². The average Bonchev–Trinajstić information content (AvgIpc) is 2.93. The van der Waals surface area contributed by atoms with E-state index in [9.17, 15) is 14.7 Å². The first-order valence-electron chi connectivity index (χ1n) is 9.39. The van der Waals surface area contributed by atoms with E-state index >= 15 is 0 Å². The van der Waals surface area contributed by atoms with Crippen LogP contribution >= 0.6 is 0 Å². The minimum atomic E-state index is -0.685. The second-order valence-corrected chi connectivity index (χ2v) is 6.97. The first-order valence-corrected chi connectivity index (χ1v) is 9.39. The first-order chi connectivity index (χ1) is 13.4. The maximum atomic E-state index is 12.8. The molecule has 1 aromatic carbocycles. The third-order valence-electron chi connectivity index (χ3n) is 4.48. The van der Waals surface area contributed by atoms with Crippen molar-refractivity contribution in [2.75, 3.05) is 6.54 Å². The van der Waals surface area contributed by atoms with Gasteiger partial charge in [0.05, 0.1) is 17.7 Å². The maximum absolute atomic E-state index is 12.8. The number of ketones is 1. The number of likely N-dealkylation sites (tertiary alicyclic amines) is 1. The van der Waals surface area contributed by atoms with Crippen LogP contribution in [0.3, 0.4) is 0 Å². The standard InChI is InChI=1S/C22H24N2O4/c1-4-11-24-19(16-8-6-10-23-13-16)18(21(26)22(24)27)20(25)15-7-5-9-17(12-15)28-14(2)3/h5-10,12-14,19,25H,4,11H2,1-3H3/b20-18-. The number of carbonyl (C=O) groups is 2. The maximum Gasteiger partial charge on any atom is 0.295 e. The molecule has 1 aromatic heterocycles. The zero-order chi connectivity index (χ0) is 20.3. The molecule has 1 fully saturated rings. The lowest BCUT2D eigenvalue weighted by molar-refractivity contribution is -0.139. The van der Waals surface area contributed by atoms with Gasteiger partial charge in [0, 0.05) is 24.5 Å². The predicted molar refractivity (Wildman–Crippen MR) is 106 cm³/mol. The zero-order valence-electron chi connectivity index (χ0n) is 16.3. The van der Waals surface area contributed by atoms with Crippen LogP contribution in [0.25, 0.3) is 5.76 Å². The Morgan fingerprint density at radius 3 is 2.68 bits per heavy atom. The monoisotopic (exact) mass is 380 g/mol. The summed E-state index contributed by atoms with van der Waals surface area (Å²) in [6.45, 7) is 6.17. The number of hydrogen-bond acceptors (Lipinski definition) is 5. The number of aliphatic hydroxyl groups is 1. The molecule has 2 heterocycles. The van der Waals surface area contributed by atoms with Crippen molar-refractivity contribution in [1.82, 2.24) is 9.88 Å². The molecule has 2 aromatic rings. The molecule has 146 valence electrons. The largest absolute Gasteiger partial charge is 0.507 e. The molecule has 0 spiro atoms. The van der Waals surface area contributed by atoms with E-state index in [-0.39, 0.29) is 17.4 Å². The molecule has 1 aliphatic rings. The summed E-state index contributed by atoms with van der Waals surface area (Å²) in [6, 6.07) is 9.78. The smallest absolute Gasteiger partial charge is 0.295 e. The highest BCUT2D eigenvalue weighted by atomic mass is 16.5. The fourth-order valence-electron chi connectivity index (χ4n) is 3.38. The highest BCUT2D eigenvalue weighted by Gasteiger charge is 2.45.